The first kappa shape index (κ1) is 11.1. The molecule has 17 heavy (non-hydrogen) atoms. The highest BCUT2D eigenvalue weighted by molar-refractivity contribution is 8.00. The van der Waals surface area contributed by atoms with Crippen molar-refractivity contribution in [2.45, 2.75) is 35.8 Å². The van der Waals surface area contributed by atoms with Gasteiger partial charge in [0.05, 0.1) is 5.69 Å². The van der Waals surface area contributed by atoms with Gasteiger partial charge in [-0.3, -0.25) is 10.7 Å². The second-order valence-corrected chi connectivity index (χ2v) is 5.90. The van der Waals surface area contributed by atoms with E-state index in [4.69, 9.17) is 0 Å². The zero-order valence-corrected chi connectivity index (χ0v) is 10.4. The van der Waals surface area contributed by atoms with Gasteiger partial charge < -0.3 is 0 Å². The van der Waals surface area contributed by atoms with E-state index in [1.165, 1.54) is 24.2 Å². The van der Waals surface area contributed by atoms with E-state index in [-0.39, 0.29) is 0 Å². The number of nitrogens with zero attached hydrogens (tertiary/aromatic N) is 1. The van der Waals surface area contributed by atoms with Gasteiger partial charge in [-0.15, -0.1) is 11.8 Å². The van der Waals surface area contributed by atoms with Crippen molar-refractivity contribution in [1.82, 2.24) is 5.48 Å². The molecule has 0 radical (unpaired) electrons. The van der Waals surface area contributed by atoms with Gasteiger partial charge in [0.25, 0.3) is 0 Å². The smallest absolute Gasteiger partial charge is 0.130 e. The van der Waals surface area contributed by atoms with E-state index in [0.29, 0.717) is 11.2 Å². The third kappa shape index (κ3) is 2.07. The molecule has 3 nitrogen and oxygen atoms in total. The van der Waals surface area contributed by atoms with E-state index >= 15 is 0 Å². The Hall–Kier alpha value is -1.00. The summed E-state index contributed by atoms with van der Waals surface area (Å²) in [5.74, 6) is 1.11. The Morgan fingerprint density at radius 2 is 2.06 bits per heavy atom. The molecule has 1 aromatic carbocycles. The summed E-state index contributed by atoms with van der Waals surface area (Å²) in [6.07, 6.45) is 4.86. The molecule has 1 aliphatic carbocycles. The SMILES string of the molecule is ONC1=Nc2ccccc2SC2CCCCC12. The zero-order chi connectivity index (χ0) is 11.7. The molecule has 2 N–H and O–H groups in total. The second-order valence-electron chi connectivity index (χ2n) is 4.62. The summed E-state index contributed by atoms with van der Waals surface area (Å²) < 4.78 is 0. The molecule has 1 saturated carbocycles. The van der Waals surface area contributed by atoms with Gasteiger partial charge in [-0.25, -0.2) is 4.99 Å². The minimum Gasteiger partial charge on any atom is -0.290 e. The van der Waals surface area contributed by atoms with Crippen molar-refractivity contribution in [2.24, 2.45) is 10.9 Å². The molecule has 0 amide bonds. The molecule has 0 spiro atoms. The zero-order valence-electron chi connectivity index (χ0n) is 9.60. The number of hydroxylamine groups is 1. The van der Waals surface area contributed by atoms with Crippen molar-refractivity contribution in [3.8, 4) is 0 Å². The van der Waals surface area contributed by atoms with E-state index in [0.717, 1.165) is 17.9 Å². The minimum absolute atomic E-state index is 0.367. The number of amidine groups is 1. The highest BCUT2D eigenvalue weighted by Gasteiger charge is 2.32. The molecule has 2 aliphatic rings. The first-order chi connectivity index (χ1) is 8.38. The largest absolute Gasteiger partial charge is 0.290 e. The van der Waals surface area contributed by atoms with Crippen molar-refractivity contribution >= 4 is 23.3 Å². The van der Waals surface area contributed by atoms with Crippen LogP contribution in [0, 0.1) is 5.92 Å². The highest BCUT2D eigenvalue weighted by Crippen LogP contribution is 2.44. The van der Waals surface area contributed by atoms with Gasteiger partial charge in [0.15, 0.2) is 0 Å². The number of rotatable bonds is 0. The maximum Gasteiger partial charge on any atom is 0.130 e. The molecule has 2 unspecified atom stereocenters. The lowest BCUT2D eigenvalue weighted by Crippen LogP contribution is -2.36. The minimum atomic E-state index is 0.367. The van der Waals surface area contributed by atoms with E-state index in [2.05, 4.69) is 22.6 Å². The van der Waals surface area contributed by atoms with Crippen LogP contribution in [0.4, 0.5) is 5.69 Å². The number of fused-ring (bicyclic) bond motifs is 2. The third-order valence-electron chi connectivity index (χ3n) is 3.55. The number of aliphatic imine (C=N–C) groups is 1. The summed E-state index contributed by atoms with van der Waals surface area (Å²) in [6.45, 7) is 0. The predicted octanol–water partition coefficient (Wildman–Crippen LogP) is 3.36. The summed E-state index contributed by atoms with van der Waals surface area (Å²) in [5, 5.41) is 9.84. The van der Waals surface area contributed by atoms with Gasteiger partial charge in [-0.2, -0.15) is 0 Å². The van der Waals surface area contributed by atoms with E-state index < -0.39 is 0 Å². The monoisotopic (exact) mass is 248 g/mol. The Labute approximate surface area is 105 Å². The first-order valence-corrected chi connectivity index (χ1v) is 7.01. The van der Waals surface area contributed by atoms with Crippen molar-refractivity contribution in [2.75, 3.05) is 0 Å². The Morgan fingerprint density at radius 1 is 1.24 bits per heavy atom. The topological polar surface area (TPSA) is 44.6 Å². The van der Waals surface area contributed by atoms with Crippen LogP contribution in [0.1, 0.15) is 25.7 Å². The Balaban J connectivity index is 2.03. The highest BCUT2D eigenvalue weighted by atomic mass is 32.2. The first-order valence-electron chi connectivity index (χ1n) is 6.13. The molecule has 1 fully saturated rings. The van der Waals surface area contributed by atoms with E-state index in [9.17, 15) is 5.21 Å². The molecule has 1 heterocycles. The van der Waals surface area contributed by atoms with Crippen LogP contribution in [0.25, 0.3) is 0 Å². The fraction of sp³-hybridized carbons (Fsp3) is 0.462. The number of hydrogen-bond donors (Lipinski definition) is 2. The molecule has 90 valence electrons. The van der Waals surface area contributed by atoms with E-state index in [1.807, 2.05) is 23.9 Å². The number of nitrogens with one attached hydrogen (secondary N) is 1. The summed E-state index contributed by atoms with van der Waals surface area (Å²) in [4.78, 5) is 5.81. The van der Waals surface area contributed by atoms with Crippen LogP contribution in [-0.2, 0) is 0 Å². The summed E-state index contributed by atoms with van der Waals surface area (Å²) >= 11 is 1.92. The molecular formula is C13H16N2OS. The molecule has 1 aliphatic heterocycles. The third-order valence-corrected chi connectivity index (χ3v) is 5.02. The van der Waals surface area contributed by atoms with Gasteiger partial charge in [0.2, 0.25) is 0 Å². The van der Waals surface area contributed by atoms with Gasteiger partial charge in [-0.05, 0) is 25.0 Å². The fourth-order valence-electron chi connectivity index (χ4n) is 2.68. The summed E-state index contributed by atoms with van der Waals surface area (Å²) in [5.41, 5.74) is 3.30. The van der Waals surface area contributed by atoms with Crippen LogP contribution in [0.5, 0.6) is 0 Å². The second kappa shape index (κ2) is 4.70. The lowest BCUT2D eigenvalue weighted by Gasteiger charge is -2.29. The Morgan fingerprint density at radius 3 is 2.94 bits per heavy atom. The van der Waals surface area contributed by atoms with Crippen molar-refractivity contribution in [3.05, 3.63) is 24.3 Å². The molecule has 0 bridgehead atoms. The van der Waals surface area contributed by atoms with Crippen molar-refractivity contribution in [3.63, 3.8) is 0 Å². The Bertz CT molecular complexity index is 447. The van der Waals surface area contributed by atoms with Crippen LogP contribution in [-0.4, -0.2) is 16.3 Å². The summed E-state index contributed by atoms with van der Waals surface area (Å²) in [6, 6.07) is 8.18. The molecule has 4 heteroatoms. The quantitative estimate of drug-likeness (QED) is 0.692. The molecule has 2 atom stereocenters. The number of hydrogen-bond acceptors (Lipinski definition) is 4. The summed E-state index contributed by atoms with van der Waals surface area (Å²) in [7, 11) is 0. The average molecular weight is 248 g/mol. The number of thioether (sulfide) groups is 1. The number of benzene rings is 1. The van der Waals surface area contributed by atoms with Crippen LogP contribution >= 0.6 is 11.8 Å². The van der Waals surface area contributed by atoms with E-state index in [1.54, 1.807) is 0 Å². The maximum absolute atomic E-state index is 9.29. The van der Waals surface area contributed by atoms with Crippen LogP contribution in [0.15, 0.2) is 34.2 Å². The van der Waals surface area contributed by atoms with Crippen LogP contribution in [0.2, 0.25) is 0 Å². The van der Waals surface area contributed by atoms with Gasteiger partial charge in [0, 0.05) is 16.1 Å². The van der Waals surface area contributed by atoms with Crippen molar-refractivity contribution < 1.29 is 5.21 Å². The molecule has 3 rings (SSSR count). The van der Waals surface area contributed by atoms with Gasteiger partial charge in [0.1, 0.15) is 5.84 Å². The van der Waals surface area contributed by atoms with Gasteiger partial charge >= 0.3 is 0 Å². The molecular weight excluding hydrogens is 232 g/mol. The normalized spacial score (nSPS) is 27.5. The fourth-order valence-corrected chi connectivity index (χ4v) is 4.12. The number of para-hydroxylation sites is 1. The van der Waals surface area contributed by atoms with Crippen LogP contribution < -0.4 is 5.48 Å². The van der Waals surface area contributed by atoms with Crippen molar-refractivity contribution in [1.29, 1.82) is 0 Å². The Kier molecular flexibility index (Phi) is 3.07. The molecule has 0 aromatic heterocycles. The van der Waals surface area contributed by atoms with Gasteiger partial charge in [-0.1, -0.05) is 25.0 Å². The average Bonchev–Trinajstić information content (AvgIpc) is 2.54. The lowest BCUT2D eigenvalue weighted by atomic mass is 9.88. The predicted molar refractivity (Wildman–Crippen MR) is 70.1 cm³/mol. The molecule has 0 saturated heterocycles. The standard InChI is InChI=1S/C13H16N2OS/c16-15-13-9-5-1-3-7-11(9)17-12-8-4-2-6-10(12)14-13/h2,4,6,8-9,11,16H,1,3,5,7H2,(H,14,15). The lowest BCUT2D eigenvalue weighted by molar-refractivity contribution is 0.223. The maximum atomic E-state index is 9.29. The molecule has 1 aromatic rings. The van der Waals surface area contributed by atoms with Crippen LogP contribution in [0.3, 0.4) is 0 Å².